The molecular formula is C3H10NO2S2-. The van der Waals surface area contributed by atoms with Crippen LogP contribution in [0.4, 0.5) is 0 Å². The third-order valence-corrected chi connectivity index (χ3v) is 0.289. The molecule has 0 aromatic rings. The molecule has 0 radical (unpaired) electrons. The van der Waals surface area contributed by atoms with E-state index >= 15 is 0 Å². The summed E-state index contributed by atoms with van der Waals surface area (Å²) >= 11 is 3.65. The van der Waals surface area contributed by atoms with Crippen LogP contribution < -0.4 is 5.73 Å². The van der Waals surface area contributed by atoms with Crippen LogP contribution in [0.15, 0.2) is 0 Å². The maximum absolute atomic E-state index is 8.93. The maximum atomic E-state index is 8.93. The van der Waals surface area contributed by atoms with Gasteiger partial charge in [0.05, 0.1) is 0 Å². The Morgan fingerprint density at radius 3 is 2.00 bits per heavy atom. The lowest BCUT2D eigenvalue weighted by Crippen LogP contribution is -1.93. The highest BCUT2D eigenvalue weighted by atomic mass is 32.8. The molecule has 0 rings (SSSR count). The molecule has 0 spiro atoms. The molecule has 5 heteroatoms. The first-order chi connectivity index (χ1) is 3.65. The molecule has 0 bridgehead atoms. The van der Waals surface area contributed by atoms with Crippen molar-refractivity contribution in [2.45, 2.75) is 13.3 Å². The fourth-order valence-electron chi connectivity index (χ4n) is 0. The molecule has 8 heavy (non-hydrogen) atoms. The van der Waals surface area contributed by atoms with E-state index in [1.165, 1.54) is 0 Å². The molecule has 0 atom stereocenters. The molecule has 0 fully saturated rings. The van der Waals surface area contributed by atoms with Crippen LogP contribution >= 0.6 is 0 Å². The normalized spacial score (nSPS) is 8.00. The van der Waals surface area contributed by atoms with Gasteiger partial charge < -0.3 is 14.5 Å². The Labute approximate surface area is 55.8 Å². The molecule has 0 aliphatic heterocycles. The minimum atomic E-state index is -2.03. The van der Waals surface area contributed by atoms with E-state index in [1.807, 2.05) is 0 Å². The number of hydrogen-bond acceptors (Lipinski definition) is 4. The second-order valence-electron chi connectivity index (χ2n) is 1.01. The van der Waals surface area contributed by atoms with Crippen molar-refractivity contribution < 1.29 is 8.76 Å². The van der Waals surface area contributed by atoms with Crippen LogP contribution in [-0.4, -0.2) is 11.1 Å². The standard InChI is InChI=1S/C3H9N.HO2S2/c1-2-3-4;1-4(2)3/h2-4H2,1H3;(H,1,2,3)/q;-1. The molecule has 0 heterocycles. The molecule has 0 aromatic carbocycles. The van der Waals surface area contributed by atoms with Gasteiger partial charge in [-0.2, -0.15) is 0 Å². The minimum Gasteiger partial charge on any atom is -0.459 e. The third kappa shape index (κ3) is 106. The number of hydrogen-bond donors (Lipinski definition) is 2. The Hall–Kier alpha value is 0.290. The van der Waals surface area contributed by atoms with Crippen LogP contribution in [0.2, 0.25) is 0 Å². The largest absolute Gasteiger partial charge is 0.459 e. The average Bonchev–Trinajstić information content (AvgIpc) is 1.65. The van der Waals surface area contributed by atoms with Crippen molar-refractivity contribution in [2.24, 2.45) is 5.73 Å². The molecule has 0 aliphatic rings. The van der Waals surface area contributed by atoms with E-state index in [1.54, 1.807) is 0 Å². The van der Waals surface area contributed by atoms with Crippen LogP contribution in [-0.2, 0) is 25.0 Å². The lowest BCUT2D eigenvalue weighted by molar-refractivity contribution is 0.536. The predicted molar refractivity (Wildman–Crippen MR) is 37.4 cm³/mol. The zero-order valence-electron chi connectivity index (χ0n) is 4.66. The minimum absolute atomic E-state index is 0.819. The summed E-state index contributed by atoms with van der Waals surface area (Å²) < 4.78 is 16.3. The van der Waals surface area contributed by atoms with E-state index in [4.69, 9.17) is 14.5 Å². The third-order valence-electron chi connectivity index (χ3n) is 0.289. The molecule has 0 saturated heterocycles. The van der Waals surface area contributed by atoms with Crippen molar-refractivity contribution in [2.75, 3.05) is 6.54 Å². The Bertz CT molecular complexity index is 81.3. The summed E-state index contributed by atoms with van der Waals surface area (Å²) in [5.41, 5.74) is 5.03. The van der Waals surface area contributed by atoms with Gasteiger partial charge in [-0.1, -0.05) is 16.6 Å². The second-order valence-corrected chi connectivity index (χ2v) is 2.30. The Morgan fingerprint density at radius 2 is 2.00 bits per heavy atom. The average molecular weight is 156 g/mol. The highest BCUT2D eigenvalue weighted by Gasteiger charge is 1.55. The summed E-state index contributed by atoms with van der Waals surface area (Å²) in [6.07, 6.45) is 1.10. The molecular weight excluding hydrogens is 146 g/mol. The highest BCUT2D eigenvalue weighted by Crippen LogP contribution is 1.57. The van der Waals surface area contributed by atoms with Crippen LogP contribution in [0.1, 0.15) is 13.3 Å². The summed E-state index contributed by atoms with van der Waals surface area (Å²) in [4.78, 5) is 0. The Morgan fingerprint density at radius 1 is 1.88 bits per heavy atom. The van der Waals surface area contributed by atoms with Gasteiger partial charge in [-0.15, -0.1) is 0 Å². The lowest BCUT2D eigenvalue weighted by atomic mass is 10.5. The number of nitrogens with two attached hydrogens (primary N) is 1. The van der Waals surface area contributed by atoms with Crippen molar-refractivity contribution in [3.63, 3.8) is 0 Å². The van der Waals surface area contributed by atoms with E-state index in [-0.39, 0.29) is 0 Å². The van der Waals surface area contributed by atoms with Gasteiger partial charge >= 0.3 is 0 Å². The van der Waals surface area contributed by atoms with E-state index in [2.05, 4.69) is 18.1 Å². The van der Waals surface area contributed by atoms with Crippen molar-refractivity contribution >= 4 is 20.8 Å². The summed E-state index contributed by atoms with van der Waals surface area (Å²) in [6, 6.07) is 0. The molecule has 52 valence electrons. The van der Waals surface area contributed by atoms with Crippen LogP contribution in [0, 0.1) is 0 Å². The molecule has 0 saturated carbocycles. The first kappa shape index (κ1) is 11.1. The van der Waals surface area contributed by atoms with Gasteiger partial charge in [0.25, 0.3) is 0 Å². The van der Waals surface area contributed by atoms with E-state index in [9.17, 15) is 0 Å². The summed E-state index contributed by atoms with van der Waals surface area (Å²) in [6.45, 7) is 2.88. The van der Waals surface area contributed by atoms with Gasteiger partial charge in [0, 0.05) is 0 Å². The first-order valence-corrected chi connectivity index (χ1v) is 4.16. The van der Waals surface area contributed by atoms with Crippen molar-refractivity contribution in [3.05, 3.63) is 0 Å². The van der Waals surface area contributed by atoms with Gasteiger partial charge in [0.15, 0.2) is 0 Å². The number of rotatable bonds is 1. The monoisotopic (exact) mass is 156 g/mol. The molecule has 0 aromatic heterocycles. The highest BCUT2D eigenvalue weighted by molar-refractivity contribution is 8.18. The van der Waals surface area contributed by atoms with Crippen molar-refractivity contribution in [1.29, 1.82) is 0 Å². The first-order valence-electron chi connectivity index (χ1n) is 2.13. The van der Waals surface area contributed by atoms with Crippen molar-refractivity contribution in [3.8, 4) is 0 Å². The molecule has 3 N–H and O–H groups in total. The maximum Gasteiger partial charge on any atom is -0.00799 e. The fourth-order valence-corrected chi connectivity index (χ4v) is 0. The van der Waals surface area contributed by atoms with Gasteiger partial charge in [0.1, 0.15) is 0 Å². The van der Waals surface area contributed by atoms with Gasteiger partial charge in [0.2, 0.25) is 0 Å². The summed E-state index contributed by atoms with van der Waals surface area (Å²) in [5, 5.41) is 0. The Balaban J connectivity index is 0. The van der Waals surface area contributed by atoms with Gasteiger partial charge in [-0.3, -0.25) is 0 Å². The predicted octanol–water partition coefficient (Wildman–Crippen LogP) is 0.240. The van der Waals surface area contributed by atoms with E-state index < -0.39 is 9.64 Å². The topological polar surface area (TPSA) is 63.3 Å². The van der Waals surface area contributed by atoms with Gasteiger partial charge in [-0.25, -0.2) is 11.2 Å². The van der Waals surface area contributed by atoms with Gasteiger partial charge in [-0.05, 0) is 13.0 Å². The summed E-state index contributed by atoms with van der Waals surface area (Å²) in [5.74, 6) is 0. The molecule has 0 unspecified atom stereocenters. The SMILES string of the molecule is CCCN.O=[S-](O)=S. The van der Waals surface area contributed by atoms with E-state index in [0.717, 1.165) is 13.0 Å². The smallest absolute Gasteiger partial charge is 0.00799 e. The van der Waals surface area contributed by atoms with Crippen LogP contribution in [0.5, 0.6) is 0 Å². The van der Waals surface area contributed by atoms with Crippen molar-refractivity contribution in [1.82, 2.24) is 0 Å². The quantitative estimate of drug-likeness (QED) is 0.421. The molecule has 0 amide bonds. The zero-order chi connectivity index (χ0) is 6.99. The van der Waals surface area contributed by atoms with Crippen LogP contribution in [0.3, 0.4) is 0 Å². The Kier molecular flexibility index (Phi) is 14.3. The molecule has 0 aliphatic carbocycles. The lowest BCUT2D eigenvalue weighted by Gasteiger charge is -1.70. The van der Waals surface area contributed by atoms with E-state index in [0.29, 0.717) is 0 Å². The van der Waals surface area contributed by atoms with Crippen LogP contribution in [0.25, 0.3) is 0 Å². The zero-order valence-corrected chi connectivity index (χ0v) is 6.30. The second kappa shape index (κ2) is 10.3. The molecule has 3 nitrogen and oxygen atoms in total. The fraction of sp³-hybridized carbons (Fsp3) is 1.00. The summed E-state index contributed by atoms with van der Waals surface area (Å²) in [7, 11) is -2.03.